The third kappa shape index (κ3) is 4.67. The molecule has 0 fully saturated rings. The Morgan fingerprint density at radius 2 is 0.913 bits per heavy atom. The second-order valence-electron chi connectivity index (χ2n) is 11.1. The van der Waals surface area contributed by atoms with Crippen LogP contribution in [0.3, 0.4) is 0 Å². The Balaban J connectivity index is 1.21. The lowest BCUT2D eigenvalue weighted by atomic mass is 10.1. The van der Waals surface area contributed by atoms with Gasteiger partial charge in [-0.05, 0) is 29.3 Å². The first-order valence-electron chi connectivity index (χ1n) is 15.1. The monoisotopic (exact) mass is 624 g/mol. The molecule has 216 valence electrons. The molecule has 46 heavy (non-hydrogen) atoms. The summed E-state index contributed by atoms with van der Waals surface area (Å²) in [5.41, 5.74) is 7.50. The van der Waals surface area contributed by atoms with Gasteiger partial charge < -0.3 is 0 Å². The Labute approximate surface area is 273 Å². The van der Waals surface area contributed by atoms with Crippen molar-refractivity contribution in [3.05, 3.63) is 146 Å². The van der Waals surface area contributed by atoms with E-state index in [2.05, 4.69) is 84.9 Å². The van der Waals surface area contributed by atoms with E-state index in [1.807, 2.05) is 60.7 Å². The van der Waals surface area contributed by atoms with E-state index < -0.39 is 0 Å². The van der Waals surface area contributed by atoms with Crippen molar-refractivity contribution in [2.45, 2.75) is 0 Å². The maximum atomic E-state index is 5.10. The summed E-state index contributed by atoms with van der Waals surface area (Å²) in [4.78, 5) is 20.1. The molecule has 0 spiro atoms. The molecule has 0 N–H and O–H groups in total. The fraction of sp³-hybridized carbons (Fsp3) is 0. The van der Waals surface area contributed by atoms with Crippen molar-refractivity contribution in [1.82, 2.24) is 19.9 Å². The standard InChI is InChI=1S/C40H24N4S2/c1-4-12-25(13-5-1)28-22-23-33-34(24-28)45-40(41-33)32-21-11-19-30-29-18-10-20-31(35(29)46-36(30)32)39-43-37(26-14-6-2-7-15-26)42-38(44-39)27-16-8-3-9-17-27/h1-24H. The number of hydrogen-bond acceptors (Lipinski definition) is 6. The summed E-state index contributed by atoms with van der Waals surface area (Å²) in [5, 5.41) is 3.43. The Kier molecular flexibility index (Phi) is 6.47. The predicted molar refractivity (Wildman–Crippen MR) is 193 cm³/mol. The highest BCUT2D eigenvalue weighted by Crippen LogP contribution is 2.45. The summed E-state index contributed by atoms with van der Waals surface area (Å²) in [7, 11) is 0. The van der Waals surface area contributed by atoms with Crippen LogP contribution in [0.15, 0.2) is 146 Å². The molecule has 3 aromatic heterocycles. The van der Waals surface area contributed by atoms with Crippen molar-refractivity contribution < 1.29 is 0 Å². The van der Waals surface area contributed by atoms with Gasteiger partial charge in [0.15, 0.2) is 17.5 Å². The predicted octanol–water partition coefficient (Wildman–Crippen LogP) is 11.2. The highest BCUT2D eigenvalue weighted by Gasteiger charge is 2.19. The summed E-state index contributed by atoms with van der Waals surface area (Å²) in [5.74, 6) is 1.99. The quantitative estimate of drug-likeness (QED) is 0.191. The molecule has 6 heteroatoms. The lowest BCUT2D eigenvalue weighted by molar-refractivity contribution is 1.08. The summed E-state index contributed by atoms with van der Waals surface area (Å²) in [6.45, 7) is 0. The van der Waals surface area contributed by atoms with Crippen LogP contribution in [0.2, 0.25) is 0 Å². The average Bonchev–Trinajstić information content (AvgIpc) is 3.74. The SMILES string of the molecule is c1ccc(-c2ccc3nc(-c4cccc5c4sc4c(-c6nc(-c7ccccc7)nc(-c7ccccc7)n6)cccc45)sc3c2)cc1. The Morgan fingerprint density at radius 1 is 0.370 bits per heavy atom. The Hall–Kier alpha value is -5.56. The zero-order chi connectivity index (χ0) is 30.5. The smallest absolute Gasteiger partial charge is 0.165 e. The number of rotatable bonds is 5. The van der Waals surface area contributed by atoms with E-state index in [1.54, 1.807) is 22.7 Å². The molecule has 0 aliphatic rings. The number of thiophene rings is 1. The van der Waals surface area contributed by atoms with E-state index in [1.165, 1.54) is 31.3 Å². The van der Waals surface area contributed by atoms with Gasteiger partial charge >= 0.3 is 0 Å². The molecule has 0 amide bonds. The maximum absolute atomic E-state index is 5.10. The van der Waals surface area contributed by atoms with E-state index >= 15 is 0 Å². The zero-order valence-corrected chi connectivity index (χ0v) is 26.1. The van der Waals surface area contributed by atoms with E-state index in [0.717, 1.165) is 37.5 Å². The van der Waals surface area contributed by atoms with Crippen LogP contribution >= 0.6 is 22.7 Å². The topological polar surface area (TPSA) is 51.6 Å². The maximum Gasteiger partial charge on any atom is 0.165 e. The third-order valence-corrected chi connectivity index (χ3v) is 10.5. The van der Waals surface area contributed by atoms with E-state index in [4.69, 9.17) is 19.9 Å². The molecular weight excluding hydrogens is 601 g/mol. The molecule has 9 rings (SSSR count). The van der Waals surface area contributed by atoms with E-state index in [9.17, 15) is 0 Å². The second kappa shape index (κ2) is 11.1. The summed E-state index contributed by atoms with van der Waals surface area (Å²) >= 11 is 3.53. The number of benzene rings is 6. The van der Waals surface area contributed by atoms with Gasteiger partial charge in [0.25, 0.3) is 0 Å². The molecular formula is C40H24N4S2. The van der Waals surface area contributed by atoms with Gasteiger partial charge in [-0.25, -0.2) is 19.9 Å². The number of hydrogen-bond donors (Lipinski definition) is 0. The minimum atomic E-state index is 0.660. The highest BCUT2D eigenvalue weighted by molar-refractivity contribution is 7.27. The molecule has 0 atom stereocenters. The minimum absolute atomic E-state index is 0.660. The first-order chi connectivity index (χ1) is 22.8. The number of nitrogens with zero attached hydrogens (tertiary/aromatic N) is 4. The molecule has 0 bridgehead atoms. The molecule has 0 saturated heterocycles. The van der Waals surface area contributed by atoms with Gasteiger partial charge in [0.05, 0.1) is 10.2 Å². The van der Waals surface area contributed by atoms with Crippen molar-refractivity contribution in [2.24, 2.45) is 0 Å². The lowest BCUT2D eigenvalue weighted by Gasteiger charge is -2.09. The molecule has 0 radical (unpaired) electrons. The lowest BCUT2D eigenvalue weighted by Crippen LogP contribution is -2.00. The van der Waals surface area contributed by atoms with E-state index in [0.29, 0.717) is 17.5 Å². The highest BCUT2D eigenvalue weighted by atomic mass is 32.1. The van der Waals surface area contributed by atoms with Crippen molar-refractivity contribution in [2.75, 3.05) is 0 Å². The van der Waals surface area contributed by atoms with Crippen molar-refractivity contribution in [3.63, 3.8) is 0 Å². The average molecular weight is 625 g/mol. The van der Waals surface area contributed by atoms with Crippen LogP contribution in [0.4, 0.5) is 0 Å². The number of fused-ring (bicyclic) bond motifs is 4. The van der Waals surface area contributed by atoms with Crippen molar-refractivity contribution in [3.8, 4) is 55.9 Å². The minimum Gasteiger partial charge on any atom is -0.236 e. The van der Waals surface area contributed by atoms with Gasteiger partial charge in [-0.1, -0.05) is 127 Å². The van der Waals surface area contributed by atoms with Crippen LogP contribution in [0, 0.1) is 0 Å². The molecule has 0 aliphatic heterocycles. The fourth-order valence-electron chi connectivity index (χ4n) is 5.94. The normalized spacial score (nSPS) is 11.5. The number of aromatic nitrogens is 4. The van der Waals surface area contributed by atoms with Crippen molar-refractivity contribution >= 4 is 53.1 Å². The van der Waals surface area contributed by atoms with Gasteiger partial charge in [0.1, 0.15) is 5.01 Å². The molecule has 4 nitrogen and oxygen atoms in total. The van der Waals surface area contributed by atoms with Crippen LogP contribution in [0.5, 0.6) is 0 Å². The van der Waals surface area contributed by atoms with Crippen LogP contribution in [0.1, 0.15) is 0 Å². The van der Waals surface area contributed by atoms with Crippen molar-refractivity contribution in [1.29, 1.82) is 0 Å². The summed E-state index contributed by atoms with van der Waals surface area (Å²) in [6.07, 6.45) is 0. The van der Waals surface area contributed by atoms with Gasteiger partial charge in [-0.15, -0.1) is 22.7 Å². The Morgan fingerprint density at radius 3 is 1.54 bits per heavy atom. The molecule has 6 aromatic carbocycles. The van der Waals surface area contributed by atoms with Gasteiger partial charge in [0.2, 0.25) is 0 Å². The second-order valence-corrected chi connectivity index (χ2v) is 13.1. The third-order valence-electron chi connectivity index (χ3n) is 8.19. The molecule has 9 aromatic rings. The molecule has 0 saturated carbocycles. The first kappa shape index (κ1) is 26.8. The summed E-state index contributed by atoms with van der Waals surface area (Å²) in [6, 6.07) is 50.3. The molecule has 3 heterocycles. The van der Waals surface area contributed by atoms with Gasteiger partial charge in [-0.2, -0.15) is 0 Å². The zero-order valence-electron chi connectivity index (χ0n) is 24.5. The molecule has 0 aliphatic carbocycles. The van der Waals surface area contributed by atoms with E-state index in [-0.39, 0.29) is 0 Å². The van der Waals surface area contributed by atoms with Crippen LogP contribution in [0.25, 0.3) is 86.3 Å². The van der Waals surface area contributed by atoms with Crippen LogP contribution in [-0.2, 0) is 0 Å². The Bertz CT molecular complexity index is 2460. The van der Waals surface area contributed by atoms with Gasteiger partial charge in [-0.3, -0.25) is 0 Å². The first-order valence-corrected chi connectivity index (χ1v) is 16.7. The van der Waals surface area contributed by atoms with Crippen LogP contribution < -0.4 is 0 Å². The largest absolute Gasteiger partial charge is 0.236 e. The number of thiazole rings is 1. The molecule has 0 unspecified atom stereocenters. The fourth-order valence-corrected chi connectivity index (χ4v) is 8.37. The van der Waals surface area contributed by atoms with Crippen LogP contribution in [-0.4, -0.2) is 19.9 Å². The van der Waals surface area contributed by atoms with Gasteiger partial charge in [0, 0.05) is 42.4 Å². The summed E-state index contributed by atoms with van der Waals surface area (Å²) < 4.78 is 3.55.